The molecular formula is C32H45N9O3. The van der Waals surface area contributed by atoms with Gasteiger partial charge >= 0.3 is 6.01 Å². The highest BCUT2D eigenvalue weighted by atomic mass is 16.5. The lowest BCUT2D eigenvalue weighted by Gasteiger charge is -2.32. The van der Waals surface area contributed by atoms with Crippen LogP contribution in [0.4, 0.5) is 11.6 Å². The normalized spacial score (nSPS) is 18.4. The Bertz CT molecular complexity index is 1480. The third kappa shape index (κ3) is 7.92. The van der Waals surface area contributed by atoms with Crippen molar-refractivity contribution in [1.82, 2.24) is 39.6 Å². The number of benzene rings is 1. The van der Waals surface area contributed by atoms with Gasteiger partial charge in [-0.05, 0) is 70.9 Å². The second kappa shape index (κ2) is 14.2. The molecule has 2 aromatic heterocycles. The molecule has 0 spiro atoms. The zero-order valence-electron chi connectivity index (χ0n) is 26.5. The first-order chi connectivity index (χ1) is 21.2. The number of fused-ring (bicyclic) bond motifs is 1. The molecule has 12 heteroatoms. The minimum Gasteiger partial charge on any atom is -0.460 e. The number of rotatable bonds is 10. The first-order valence-electron chi connectivity index (χ1n) is 15.5. The van der Waals surface area contributed by atoms with Crippen molar-refractivity contribution >= 4 is 29.1 Å². The predicted octanol–water partition coefficient (Wildman–Crippen LogP) is 3.30. The van der Waals surface area contributed by atoms with Gasteiger partial charge in [-0.3, -0.25) is 9.59 Å². The van der Waals surface area contributed by atoms with Gasteiger partial charge in [-0.1, -0.05) is 26.0 Å². The van der Waals surface area contributed by atoms with Crippen LogP contribution in [0.3, 0.4) is 0 Å². The molecule has 1 atom stereocenters. The summed E-state index contributed by atoms with van der Waals surface area (Å²) in [6.07, 6.45) is 8.86. The van der Waals surface area contributed by atoms with E-state index in [0.717, 1.165) is 44.3 Å². The monoisotopic (exact) mass is 603 g/mol. The van der Waals surface area contributed by atoms with Crippen molar-refractivity contribution in [3.63, 3.8) is 0 Å². The van der Waals surface area contributed by atoms with Crippen LogP contribution in [0.1, 0.15) is 61.4 Å². The van der Waals surface area contributed by atoms with Crippen LogP contribution in [-0.4, -0.2) is 112 Å². The Labute approximate surface area is 259 Å². The van der Waals surface area contributed by atoms with Crippen LogP contribution in [0.5, 0.6) is 6.01 Å². The van der Waals surface area contributed by atoms with Crippen LogP contribution < -0.4 is 15.4 Å². The molecule has 5 rings (SSSR count). The summed E-state index contributed by atoms with van der Waals surface area (Å²) in [7, 11) is 6.04. The zero-order valence-corrected chi connectivity index (χ0v) is 26.5. The third-order valence-electron chi connectivity index (χ3n) is 8.11. The summed E-state index contributed by atoms with van der Waals surface area (Å²) in [5, 5.41) is 11.0. The number of nitrogens with one attached hydrogen (secondary N) is 2. The molecule has 1 aromatic carbocycles. The number of likely N-dealkylation sites (tertiary alicyclic amines) is 2. The molecule has 0 saturated carbocycles. The molecule has 4 heterocycles. The molecule has 44 heavy (non-hydrogen) atoms. The number of ether oxygens (including phenoxy) is 1. The summed E-state index contributed by atoms with van der Waals surface area (Å²) in [6.45, 7) is 8.05. The SMILES string of the molecule is CC(C)c1cnn2c(Nc3cccc(C(=O)NC4CCCN(C(=O)/C=C/CN(C)C)C4)c3)nc(OC3CCN(C)CC3)nc12. The van der Waals surface area contributed by atoms with E-state index in [2.05, 4.69) is 41.5 Å². The smallest absolute Gasteiger partial charge is 0.322 e. The van der Waals surface area contributed by atoms with Crippen molar-refractivity contribution in [2.24, 2.45) is 0 Å². The summed E-state index contributed by atoms with van der Waals surface area (Å²) in [4.78, 5) is 41.5. The van der Waals surface area contributed by atoms with Crippen molar-refractivity contribution in [3.8, 4) is 6.01 Å². The maximum atomic E-state index is 13.3. The topological polar surface area (TPSA) is 120 Å². The number of carbonyl (C=O) groups is 2. The Morgan fingerprint density at radius 1 is 1.14 bits per heavy atom. The van der Waals surface area contributed by atoms with Crippen LogP contribution in [0.25, 0.3) is 5.65 Å². The van der Waals surface area contributed by atoms with Crippen molar-refractivity contribution in [2.75, 3.05) is 59.2 Å². The number of anilines is 2. The first kappa shape index (κ1) is 31.4. The lowest BCUT2D eigenvalue weighted by atomic mass is 10.0. The van der Waals surface area contributed by atoms with E-state index in [1.54, 1.807) is 27.6 Å². The highest BCUT2D eigenvalue weighted by Gasteiger charge is 2.25. The van der Waals surface area contributed by atoms with Crippen LogP contribution >= 0.6 is 0 Å². The van der Waals surface area contributed by atoms with Crippen molar-refractivity contribution < 1.29 is 14.3 Å². The summed E-state index contributed by atoms with van der Waals surface area (Å²) >= 11 is 0. The van der Waals surface area contributed by atoms with E-state index in [0.29, 0.717) is 48.5 Å². The lowest BCUT2D eigenvalue weighted by molar-refractivity contribution is -0.127. The van der Waals surface area contributed by atoms with E-state index in [9.17, 15) is 9.59 Å². The van der Waals surface area contributed by atoms with Gasteiger partial charge < -0.3 is 30.1 Å². The molecule has 2 fully saturated rings. The van der Waals surface area contributed by atoms with Crippen molar-refractivity contribution in [3.05, 3.63) is 53.7 Å². The second-order valence-corrected chi connectivity index (χ2v) is 12.4. The largest absolute Gasteiger partial charge is 0.460 e. The van der Waals surface area contributed by atoms with Crippen LogP contribution in [0.2, 0.25) is 0 Å². The molecule has 12 nitrogen and oxygen atoms in total. The Balaban J connectivity index is 1.29. The van der Waals surface area contributed by atoms with E-state index in [1.165, 1.54) is 0 Å². The molecule has 0 aliphatic carbocycles. The third-order valence-corrected chi connectivity index (χ3v) is 8.11. The van der Waals surface area contributed by atoms with Gasteiger partial charge in [-0.15, -0.1) is 0 Å². The Kier molecular flexibility index (Phi) is 10.1. The van der Waals surface area contributed by atoms with Crippen molar-refractivity contribution in [1.29, 1.82) is 0 Å². The van der Waals surface area contributed by atoms with Gasteiger partial charge in [0.2, 0.25) is 11.9 Å². The number of nitrogens with zero attached hydrogens (tertiary/aromatic N) is 7. The minimum absolute atomic E-state index is 0.0217. The van der Waals surface area contributed by atoms with Crippen LogP contribution in [0, 0.1) is 0 Å². The van der Waals surface area contributed by atoms with E-state index in [-0.39, 0.29) is 29.9 Å². The Morgan fingerprint density at radius 2 is 1.93 bits per heavy atom. The highest BCUT2D eigenvalue weighted by molar-refractivity contribution is 5.95. The number of carbonyl (C=O) groups excluding carboxylic acids is 2. The molecule has 2 aliphatic rings. The zero-order chi connectivity index (χ0) is 31.2. The number of piperidine rings is 2. The molecule has 2 aliphatic heterocycles. The summed E-state index contributed by atoms with van der Waals surface area (Å²) in [6, 6.07) is 7.50. The predicted molar refractivity (Wildman–Crippen MR) is 171 cm³/mol. The molecule has 2 N–H and O–H groups in total. The highest BCUT2D eigenvalue weighted by Crippen LogP contribution is 2.26. The van der Waals surface area contributed by atoms with Gasteiger partial charge in [0.1, 0.15) is 6.10 Å². The average molecular weight is 604 g/mol. The van der Waals surface area contributed by atoms with Crippen LogP contribution in [-0.2, 0) is 4.79 Å². The summed E-state index contributed by atoms with van der Waals surface area (Å²) in [5.74, 6) is 0.479. The fourth-order valence-electron chi connectivity index (χ4n) is 5.57. The maximum absolute atomic E-state index is 13.3. The van der Waals surface area contributed by atoms with E-state index >= 15 is 0 Å². The Hall–Kier alpha value is -4.03. The maximum Gasteiger partial charge on any atom is 0.322 e. The van der Waals surface area contributed by atoms with Gasteiger partial charge in [-0.25, -0.2) is 0 Å². The molecule has 3 aromatic rings. The standard InChI is InChI=1S/C32H45N9O3/c1-22(2)27-20-33-41-29(27)36-32(44-26-13-17-39(5)18-14-26)37-31(41)35-24-10-6-9-23(19-24)30(43)34-25-11-7-16-40(21-25)28(42)12-8-15-38(3)4/h6,8-10,12,19-20,22,25-26H,7,11,13-18,21H2,1-5H3,(H,34,43)(H,35,36,37)/b12-8+. The summed E-state index contributed by atoms with van der Waals surface area (Å²) in [5.41, 5.74) is 2.91. The summed E-state index contributed by atoms with van der Waals surface area (Å²) < 4.78 is 7.95. The first-order valence-corrected chi connectivity index (χ1v) is 15.5. The van der Waals surface area contributed by atoms with E-state index in [4.69, 9.17) is 14.7 Å². The van der Waals surface area contributed by atoms with Crippen molar-refractivity contribution in [2.45, 2.75) is 57.6 Å². The molecule has 0 bridgehead atoms. The number of hydrogen-bond donors (Lipinski definition) is 2. The van der Waals surface area contributed by atoms with Crippen LogP contribution in [0.15, 0.2) is 42.6 Å². The molecule has 0 radical (unpaired) electrons. The number of amides is 2. The van der Waals surface area contributed by atoms with Gasteiger partial charge in [0.05, 0.1) is 6.20 Å². The number of hydrogen-bond acceptors (Lipinski definition) is 9. The van der Waals surface area contributed by atoms with E-state index < -0.39 is 0 Å². The fraction of sp³-hybridized carbons (Fsp3) is 0.531. The average Bonchev–Trinajstić information content (AvgIpc) is 3.43. The molecule has 2 saturated heterocycles. The molecule has 2 amide bonds. The number of likely N-dealkylation sites (N-methyl/N-ethyl adjacent to an activating group) is 1. The number of aromatic nitrogens is 4. The van der Waals surface area contributed by atoms with Gasteiger partial charge in [0.25, 0.3) is 5.91 Å². The molecule has 1 unspecified atom stereocenters. The molecular weight excluding hydrogens is 558 g/mol. The quantitative estimate of drug-likeness (QED) is 0.337. The lowest BCUT2D eigenvalue weighted by Crippen LogP contribution is -2.49. The van der Waals surface area contributed by atoms with E-state index in [1.807, 2.05) is 43.4 Å². The van der Waals surface area contributed by atoms with Gasteiger partial charge in [0.15, 0.2) is 5.65 Å². The second-order valence-electron chi connectivity index (χ2n) is 12.4. The van der Waals surface area contributed by atoms with Gasteiger partial charge in [0, 0.05) is 61.7 Å². The van der Waals surface area contributed by atoms with Gasteiger partial charge in [-0.2, -0.15) is 19.6 Å². The Morgan fingerprint density at radius 3 is 2.68 bits per heavy atom. The molecule has 236 valence electrons. The fourth-order valence-corrected chi connectivity index (χ4v) is 5.57. The minimum atomic E-state index is -0.184.